The van der Waals surface area contributed by atoms with E-state index in [1.807, 2.05) is 12.4 Å². The Morgan fingerprint density at radius 2 is 2.10 bits per heavy atom. The van der Waals surface area contributed by atoms with Crippen LogP contribution in [0.2, 0.25) is 0 Å². The summed E-state index contributed by atoms with van der Waals surface area (Å²) in [4.78, 5) is 15.9. The third-order valence-electron chi connectivity index (χ3n) is 9.93. The summed E-state index contributed by atoms with van der Waals surface area (Å²) in [6.07, 6.45) is 14.7. The Morgan fingerprint density at radius 1 is 1.23 bits per heavy atom. The maximum atomic E-state index is 11.5. The van der Waals surface area contributed by atoms with Gasteiger partial charge in [-0.15, -0.1) is 0 Å². The highest BCUT2D eigenvalue weighted by Gasteiger charge is 2.76. The van der Waals surface area contributed by atoms with Gasteiger partial charge in [-0.3, -0.25) is 9.78 Å². The summed E-state index contributed by atoms with van der Waals surface area (Å²) in [6, 6.07) is 4.29. The standard InChI is InChI=1S/C26H33NO3/c1-16(28)29-18-8-11-25(3)22-9-10-24(2)20(17-5-4-12-27-15-17)6-7-21(24)19(22)13-23-26(25,14-18)30-23/h4-6,12,15,18-19,21-23H,7-11,13-14H2,1-3H3/t18-,19-,21-,22-,23-,24+,25+,26-/m0/s1. The van der Waals surface area contributed by atoms with Gasteiger partial charge in [0, 0.05) is 31.2 Å². The number of ether oxygens (including phenoxy) is 2. The molecule has 1 aliphatic heterocycles. The molecule has 0 aromatic carbocycles. The van der Waals surface area contributed by atoms with Crippen molar-refractivity contribution in [3.8, 4) is 0 Å². The normalized spacial score (nSPS) is 48.5. The van der Waals surface area contributed by atoms with Gasteiger partial charge >= 0.3 is 5.97 Å². The molecule has 1 spiro atoms. The van der Waals surface area contributed by atoms with Crippen molar-refractivity contribution >= 4 is 11.5 Å². The number of epoxide rings is 1. The number of rotatable bonds is 2. The van der Waals surface area contributed by atoms with Crippen LogP contribution in [0.5, 0.6) is 0 Å². The van der Waals surface area contributed by atoms with E-state index >= 15 is 0 Å². The summed E-state index contributed by atoms with van der Waals surface area (Å²) >= 11 is 0. The minimum Gasteiger partial charge on any atom is -0.462 e. The van der Waals surface area contributed by atoms with E-state index in [0.29, 0.717) is 17.9 Å². The van der Waals surface area contributed by atoms with Gasteiger partial charge in [0.05, 0.1) is 6.10 Å². The molecule has 0 amide bonds. The number of carbonyl (C=O) groups is 1. The molecule has 4 heteroatoms. The summed E-state index contributed by atoms with van der Waals surface area (Å²) in [5.41, 5.74) is 3.26. The Balaban J connectivity index is 1.28. The number of aromatic nitrogens is 1. The minimum atomic E-state index is -0.153. The third-order valence-corrected chi connectivity index (χ3v) is 9.93. The topological polar surface area (TPSA) is 51.7 Å². The minimum absolute atomic E-state index is 0.0383. The number of hydrogen-bond donors (Lipinski definition) is 0. The zero-order valence-corrected chi connectivity index (χ0v) is 18.4. The van der Waals surface area contributed by atoms with Crippen molar-refractivity contribution in [1.29, 1.82) is 0 Å². The Kier molecular flexibility index (Phi) is 3.92. The van der Waals surface area contributed by atoms with Crippen LogP contribution in [-0.2, 0) is 14.3 Å². The van der Waals surface area contributed by atoms with E-state index in [9.17, 15) is 4.79 Å². The van der Waals surface area contributed by atoms with Crippen LogP contribution >= 0.6 is 0 Å². The number of pyridine rings is 1. The van der Waals surface area contributed by atoms with E-state index in [0.717, 1.165) is 25.2 Å². The molecule has 4 aliphatic carbocycles. The lowest BCUT2D eigenvalue weighted by Gasteiger charge is -2.59. The predicted octanol–water partition coefficient (Wildman–Crippen LogP) is 5.18. The molecule has 6 rings (SSSR count). The average molecular weight is 408 g/mol. The zero-order valence-electron chi connectivity index (χ0n) is 18.4. The molecule has 3 saturated carbocycles. The van der Waals surface area contributed by atoms with Crippen LogP contribution in [0, 0.1) is 28.6 Å². The molecule has 0 radical (unpaired) electrons. The van der Waals surface area contributed by atoms with Crippen LogP contribution in [0.4, 0.5) is 0 Å². The van der Waals surface area contributed by atoms with Crippen molar-refractivity contribution in [3.05, 3.63) is 36.2 Å². The highest BCUT2D eigenvalue weighted by Crippen LogP contribution is 2.74. The fraction of sp³-hybridized carbons (Fsp3) is 0.692. The lowest BCUT2D eigenvalue weighted by atomic mass is 9.44. The van der Waals surface area contributed by atoms with Gasteiger partial charge < -0.3 is 9.47 Å². The first-order chi connectivity index (χ1) is 14.4. The van der Waals surface area contributed by atoms with E-state index in [-0.39, 0.29) is 28.5 Å². The van der Waals surface area contributed by atoms with Gasteiger partial charge in [-0.1, -0.05) is 26.0 Å². The molecule has 160 valence electrons. The molecule has 0 unspecified atom stereocenters. The van der Waals surface area contributed by atoms with Crippen LogP contribution < -0.4 is 0 Å². The monoisotopic (exact) mass is 407 g/mol. The lowest BCUT2D eigenvalue weighted by Crippen LogP contribution is -2.58. The molecule has 4 nitrogen and oxygen atoms in total. The molecule has 8 atom stereocenters. The van der Waals surface area contributed by atoms with Gasteiger partial charge in [-0.25, -0.2) is 0 Å². The van der Waals surface area contributed by atoms with Gasteiger partial charge in [0.25, 0.3) is 0 Å². The van der Waals surface area contributed by atoms with Gasteiger partial charge in [-0.2, -0.15) is 0 Å². The van der Waals surface area contributed by atoms with E-state index in [1.165, 1.54) is 43.7 Å². The number of fused-ring (bicyclic) bond motifs is 4. The number of allylic oxidation sites excluding steroid dienone is 2. The molecule has 1 aromatic rings. The molecule has 2 heterocycles. The second-order valence-corrected chi connectivity index (χ2v) is 11.1. The van der Waals surface area contributed by atoms with Gasteiger partial charge in [0.1, 0.15) is 11.7 Å². The van der Waals surface area contributed by atoms with Gasteiger partial charge in [-0.05, 0) is 78.9 Å². The molecule has 30 heavy (non-hydrogen) atoms. The number of esters is 1. The largest absolute Gasteiger partial charge is 0.462 e. The Hall–Kier alpha value is -1.68. The second-order valence-electron chi connectivity index (χ2n) is 11.1. The van der Waals surface area contributed by atoms with Crippen molar-refractivity contribution in [2.45, 2.75) is 83.5 Å². The Bertz CT molecular complexity index is 912. The molecule has 1 aromatic heterocycles. The van der Waals surface area contributed by atoms with E-state index in [1.54, 1.807) is 0 Å². The van der Waals surface area contributed by atoms with Crippen LogP contribution in [0.25, 0.3) is 5.57 Å². The zero-order chi connectivity index (χ0) is 20.7. The van der Waals surface area contributed by atoms with Crippen molar-refractivity contribution in [3.63, 3.8) is 0 Å². The fourth-order valence-electron chi connectivity index (χ4n) is 8.51. The van der Waals surface area contributed by atoms with Crippen LogP contribution in [-0.4, -0.2) is 28.8 Å². The first kappa shape index (κ1) is 19.0. The number of hydrogen-bond acceptors (Lipinski definition) is 4. The molecule has 0 N–H and O–H groups in total. The summed E-state index contributed by atoms with van der Waals surface area (Å²) in [7, 11) is 0. The Labute approximate surface area is 179 Å². The highest BCUT2D eigenvalue weighted by atomic mass is 16.6. The first-order valence-corrected chi connectivity index (χ1v) is 11.8. The maximum absolute atomic E-state index is 11.5. The molecule has 0 bridgehead atoms. The van der Waals surface area contributed by atoms with Crippen molar-refractivity contribution in [2.75, 3.05) is 0 Å². The number of nitrogens with zero attached hydrogens (tertiary/aromatic N) is 1. The summed E-state index contributed by atoms with van der Waals surface area (Å²) in [5.74, 6) is 2.00. The van der Waals surface area contributed by atoms with Gasteiger partial charge in [0.2, 0.25) is 0 Å². The third kappa shape index (κ3) is 2.37. The van der Waals surface area contributed by atoms with Crippen LogP contribution in [0.3, 0.4) is 0 Å². The lowest BCUT2D eigenvalue weighted by molar-refractivity contribution is -0.156. The van der Waals surface area contributed by atoms with Crippen molar-refractivity contribution in [1.82, 2.24) is 4.98 Å². The van der Waals surface area contributed by atoms with E-state index in [4.69, 9.17) is 9.47 Å². The molecular formula is C26H33NO3. The summed E-state index contributed by atoms with van der Waals surface area (Å²) < 4.78 is 12.2. The quantitative estimate of drug-likeness (QED) is 0.501. The summed E-state index contributed by atoms with van der Waals surface area (Å²) in [6.45, 7) is 6.54. The molecule has 5 aliphatic rings. The highest BCUT2D eigenvalue weighted by molar-refractivity contribution is 5.72. The molecule has 1 saturated heterocycles. The predicted molar refractivity (Wildman–Crippen MR) is 114 cm³/mol. The van der Waals surface area contributed by atoms with E-state index < -0.39 is 0 Å². The van der Waals surface area contributed by atoms with Crippen molar-refractivity contribution in [2.24, 2.45) is 28.6 Å². The van der Waals surface area contributed by atoms with Gasteiger partial charge in [0.15, 0.2) is 0 Å². The first-order valence-electron chi connectivity index (χ1n) is 11.8. The molecule has 4 fully saturated rings. The fourth-order valence-corrected chi connectivity index (χ4v) is 8.51. The van der Waals surface area contributed by atoms with Crippen molar-refractivity contribution < 1.29 is 14.3 Å². The van der Waals surface area contributed by atoms with Crippen LogP contribution in [0.1, 0.15) is 71.3 Å². The smallest absolute Gasteiger partial charge is 0.302 e. The molecular weight excluding hydrogens is 374 g/mol. The second kappa shape index (κ2) is 6.18. The van der Waals surface area contributed by atoms with E-state index in [2.05, 4.69) is 37.0 Å². The summed E-state index contributed by atoms with van der Waals surface area (Å²) in [5, 5.41) is 0. The SMILES string of the molecule is CC(=O)O[C@H]1CC[C@]2(C)[C@H]3CC[C@]4(C)C(c5cccnc5)=CC[C@H]4[C@@H]3C[C@@H]3O[C@@]32C1. The average Bonchev–Trinajstić information content (AvgIpc) is 3.29. The maximum Gasteiger partial charge on any atom is 0.302 e. The number of carbonyl (C=O) groups excluding carboxylic acids is 1. The Morgan fingerprint density at radius 3 is 2.87 bits per heavy atom. The van der Waals surface area contributed by atoms with Crippen LogP contribution in [0.15, 0.2) is 30.6 Å².